The molecule has 0 aliphatic heterocycles. The van der Waals surface area contributed by atoms with E-state index in [0.717, 1.165) is 60.7 Å². The number of aryl methyl sites for hydroxylation is 1. The Morgan fingerprint density at radius 3 is 2.67 bits per heavy atom. The van der Waals surface area contributed by atoms with E-state index in [1.54, 1.807) is 19.2 Å². The summed E-state index contributed by atoms with van der Waals surface area (Å²) in [5.74, 6) is -0.201. The number of rotatable bonds is 10. The molecule has 7 heteroatoms. The number of methoxy groups -OCH3 is 1. The molecular formula is C29H35N3O4. The third kappa shape index (κ3) is 5.85. The number of nitrogens with zero attached hydrogens (tertiary/aromatic N) is 1. The number of benzene rings is 2. The van der Waals surface area contributed by atoms with Crippen molar-refractivity contribution in [2.45, 2.75) is 50.9 Å². The predicted octanol–water partition coefficient (Wildman–Crippen LogP) is 4.05. The number of phenols is 1. The third-order valence-electron chi connectivity index (χ3n) is 7.12. The number of amides is 2. The lowest BCUT2D eigenvalue weighted by Crippen LogP contribution is -2.39. The van der Waals surface area contributed by atoms with E-state index in [4.69, 9.17) is 9.72 Å². The van der Waals surface area contributed by atoms with E-state index in [1.165, 1.54) is 5.56 Å². The number of nitrogens with one attached hydrogen (secondary N) is 2. The maximum absolute atomic E-state index is 13.4. The van der Waals surface area contributed by atoms with Gasteiger partial charge in [-0.3, -0.25) is 14.6 Å². The molecule has 4 rings (SSSR count). The Hall–Kier alpha value is -3.45. The van der Waals surface area contributed by atoms with Crippen molar-refractivity contribution in [3.05, 3.63) is 70.9 Å². The van der Waals surface area contributed by atoms with Crippen LogP contribution in [0.1, 0.15) is 59.8 Å². The highest BCUT2D eigenvalue weighted by Gasteiger charge is 2.36. The molecule has 0 bridgehead atoms. The minimum Gasteiger partial charge on any atom is -0.508 e. The second-order valence-corrected chi connectivity index (χ2v) is 9.79. The van der Waals surface area contributed by atoms with Crippen LogP contribution in [0.15, 0.2) is 48.5 Å². The van der Waals surface area contributed by atoms with Crippen molar-refractivity contribution in [2.24, 2.45) is 0 Å². The summed E-state index contributed by atoms with van der Waals surface area (Å²) in [4.78, 5) is 30.7. The molecule has 190 valence electrons. The normalized spacial score (nSPS) is 16.9. The second-order valence-electron chi connectivity index (χ2n) is 9.79. The summed E-state index contributed by atoms with van der Waals surface area (Å²) < 4.78 is 4.96. The first-order chi connectivity index (χ1) is 17.4. The van der Waals surface area contributed by atoms with Crippen LogP contribution in [0.2, 0.25) is 0 Å². The lowest BCUT2D eigenvalue weighted by Gasteiger charge is -2.36. The van der Waals surface area contributed by atoms with E-state index in [1.807, 2.05) is 36.4 Å². The predicted molar refractivity (Wildman–Crippen MR) is 140 cm³/mol. The molecule has 1 aliphatic rings. The van der Waals surface area contributed by atoms with Crippen LogP contribution in [-0.4, -0.2) is 48.7 Å². The smallest absolute Gasteiger partial charge is 0.252 e. The minimum absolute atomic E-state index is 0.0854. The number of aromatic nitrogens is 1. The molecule has 0 saturated carbocycles. The molecule has 0 saturated heterocycles. The molecular weight excluding hydrogens is 454 g/mol. The van der Waals surface area contributed by atoms with Crippen LogP contribution < -0.4 is 10.6 Å². The first-order valence-corrected chi connectivity index (χ1v) is 12.6. The average molecular weight is 490 g/mol. The molecule has 2 amide bonds. The van der Waals surface area contributed by atoms with Gasteiger partial charge in [0.2, 0.25) is 5.91 Å². The molecule has 3 N–H and O–H groups in total. The summed E-state index contributed by atoms with van der Waals surface area (Å²) in [6.45, 7) is 3.00. The number of aromatic hydroxyl groups is 1. The van der Waals surface area contributed by atoms with Crippen LogP contribution in [0.4, 0.5) is 0 Å². The summed E-state index contributed by atoms with van der Waals surface area (Å²) in [6, 6.07) is 15.1. The molecule has 0 spiro atoms. The third-order valence-corrected chi connectivity index (χ3v) is 7.12. The van der Waals surface area contributed by atoms with Gasteiger partial charge < -0.3 is 20.5 Å². The van der Waals surface area contributed by atoms with Gasteiger partial charge in [0.05, 0.1) is 29.9 Å². The molecule has 2 aromatic carbocycles. The summed E-state index contributed by atoms with van der Waals surface area (Å²) in [7, 11) is 1.58. The minimum atomic E-state index is -0.244. The zero-order valence-corrected chi connectivity index (χ0v) is 21.1. The Balaban J connectivity index is 1.57. The van der Waals surface area contributed by atoms with E-state index in [-0.39, 0.29) is 29.5 Å². The molecule has 36 heavy (non-hydrogen) atoms. The molecule has 1 aliphatic carbocycles. The molecule has 1 heterocycles. The average Bonchev–Trinajstić information content (AvgIpc) is 2.88. The van der Waals surface area contributed by atoms with Gasteiger partial charge in [0.1, 0.15) is 5.75 Å². The summed E-state index contributed by atoms with van der Waals surface area (Å²) in [6.07, 6.45) is 5.66. The Kier molecular flexibility index (Phi) is 8.21. The number of hydrogen-bond donors (Lipinski definition) is 3. The van der Waals surface area contributed by atoms with Gasteiger partial charge in [0.15, 0.2) is 0 Å². The van der Waals surface area contributed by atoms with Crippen molar-refractivity contribution in [2.75, 3.05) is 26.8 Å². The lowest BCUT2D eigenvalue weighted by atomic mass is 9.70. The van der Waals surface area contributed by atoms with Crippen LogP contribution >= 0.6 is 0 Å². The van der Waals surface area contributed by atoms with Gasteiger partial charge in [-0.2, -0.15) is 0 Å². The number of pyridine rings is 1. The Labute approximate surface area is 212 Å². The van der Waals surface area contributed by atoms with Crippen molar-refractivity contribution in [1.82, 2.24) is 15.6 Å². The van der Waals surface area contributed by atoms with Crippen LogP contribution in [0, 0.1) is 0 Å². The van der Waals surface area contributed by atoms with Crippen molar-refractivity contribution in [1.29, 1.82) is 0 Å². The number of carbonyl (C=O) groups is 2. The van der Waals surface area contributed by atoms with Crippen molar-refractivity contribution in [3.8, 4) is 5.75 Å². The zero-order chi connectivity index (χ0) is 25.5. The van der Waals surface area contributed by atoms with Gasteiger partial charge in [-0.1, -0.05) is 37.3 Å². The molecule has 1 aromatic heterocycles. The molecule has 1 atom stereocenters. The van der Waals surface area contributed by atoms with Crippen molar-refractivity contribution in [3.63, 3.8) is 0 Å². The number of carbonyl (C=O) groups excluding carboxylic acids is 2. The fraction of sp³-hybridized carbons (Fsp3) is 0.414. The zero-order valence-electron chi connectivity index (χ0n) is 21.1. The maximum Gasteiger partial charge on any atom is 0.252 e. The number of para-hydroxylation sites is 1. The lowest BCUT2D eigenvalue weighted by molar-refractivity contribution is -0.120. The van der Waals surface area contributed by atoms with Gasteiger partial charge in [-0.25, -0.2) is 0 Å². The molecule has 0 fully saturated rings. The second kappa shape index (κ2) is 11.5. The topological polar surface area (TPSA) is 101 Å². The fourth-order valence-electron chi connectivity index (χ4n) is 5.22. The van der Waals surface area contributed by atoms with Gasteiger partial charge >= 0.3 is 0 Å². The van der Waals surface area contributed by atoms with E-state index < -0.39 is 0 Å². The van der Waals surface area contributed by atoms with Gasteiger partial charge in [-0.15, -0.1) is 0 Å². The highest BCUT2D eigenvalue weighted by molar-refractivity contribution is 6.08. The Bertz CT molecular complexity index is 1230. The quantitative estimate of drug-likeness (QED) is 0.373. The largest absolute Gasteiger partial charge is 0.508 e. The van der Waals surface area contributed by atoms with Crippen LogP contribution in [0.5, 0.6) is 5.75 Å². The molecule has 0 radical (unpaired) electrons. The van der Waals surface area contributed by atoms with E-state index in [2.05, 4.69) is 17.6 Å². The Morgan fingerprint density at radius 2 is 1.89 bits per heavy atom. The van der Waals surface area contributed by atoms with Crippen molar-refractivity contribution < 1.29 is 19.4 Å². The van der Waals surface area contributed by atoms with E-state index in [0.29, 0.717) is 18.7 Å². The molecule has 3 aromatic rings. The summed E-state index contributed by atoms with van der Waals surface area (Å²) >= 11 is 0. The number of fused-ring (bicyclic) bond motifs is 2. The molecule has 1 unspecified atom stereocenters. The molecule has 7 nitrogen and oxygen atoms in total. The summed E-state index contributed by atoms with van der Waals surface area (Å²) in [5.41, 5.74) is 4.52. The SMILES string of the molecule is COCCNC(=O)CNC(=O)c1c2c(nc3ccccc13)C(C)(CCCc1ccc(O)cc1)CCC2. The first kappa shape index (κ1) is 25.6. The van der Waals surface area contributed by atoms with E-state index in [9.17, 15) is 14.7 Å². The number of ether oxygens (including phenoxy) is 1. The maximum atomic E-state index is 13.4. The van der Waals surface area contributed by atoms with Crippen LogP contribution in [0.25, 0.3) is 10.9 Å². The summed E-state index contributed by atoms with van der Waals surface area (Å²) in [5, 5.41) is 15.9. The van der Waals surface area contributed by atoms with Gasteiger partial charge in [0.25, 0.3) is 5.91 Å². The number of hydrogen-bond acceptors (Lipinski definition) is 5. The first-order valence-electron chi connectivity index (χ1n) is 12.6. The van der Waals surface area contributed by atoms with Gasteiger partial charge in [0, 0.05) is 24.5 Å². The highest BCUT2D eigenvalue weighted by atomic mass is 16.5. The van der Waals surface area contributed by atoms with E-state index >= 15 is 0 Å². The van der Waals surface area contributed by atoms with Crippen LogP contribution in [-0.2, 0) is 27.8 Å². The highest BCUT2D eigenvalue weighted by Crippen LogP contribution is 2.42. The van der Waals surface area contributed by atoms with Crippen LogP contribution in [0.3, 0.4) is 0 Å². The standard InChI is InChI=1S/C29H35N3O4/c1-29(15-5-7-20-11-13-21(33)14-12-20)16-6-9-23-26(22-8-3-4-10-24(22)32-27(23)29)28(35)31-19-25(34)30-17-18-36-2/h3-4,8,10-14,33H,5-7,9,15-19H2,1-2H3,(H,30,34)(H,31,35). The monoisotopic (exact) mass is 489 g/mol. The Morgan fingerprint density at radius 1 is 1.11 bits per heavy atom. The fourth-order valence-corrected chi connectivity index (χ4v) is 5.22. The van der Waals surface area contributed by atoms with Crippen molar-refractivity contribution >= 4 is 22.7 Å². The number of phenolic OH excluding ortho intramolecular Hbond substituents is 1. The van der Waals surface area contributed by atoms with Gasteiger partial charge in [-0.05, 0) is 67.9 Å².